The highest BCUT2D eigenvalue weighted by Gasteiger charge is 2.05. The Morgan fingerprint density at radius 2 is 1.50 bits per heavy atom. The first-order valence-corrected chi connectivity index (χ1v) is 11.6. The molecule has 3 N–H and O–H groups in total. The Bertz CT molecular complexity index is 1040. The molecule has 0 fully saturated rings. The number of aliphatic hydroxyl groups is 1. The van der Waals surface area contributed by atoms with Gasteiger partial charge in [-0.25, -0.2) is 0 Å². The number of aliphatic hydroxyl groups excluding tert-OH is 1. The van der Waals surface area contributed by atoms with Crippen LogP contribution in [0.15, 0.2) is 78.9 Å². The van der Waals surface area contributed by atoms with E-state index in [1.54, 1.807) is 0 Å². The van der Waals surface area contributed by atoms with Gasteiger partial charge in [-0.05, 0) is 47.2 Å². The van der Waals surface area contributed by atoms with Crippen molar-refractivity contribution in [1.29, 1.82) is 0 Å². The van der Waals surface area contributed by atoms with Crippen LogP contribution in [0.4, 0.5) is 5.69 Å². The van der Waals surface area contributed by atoms with Gasteiger partial charge in [-0.15, -0.1) is 0 Å². The third-order valence-corrected chi connectivity index (χ3v) is 5.36. The summed E-state index contributed by atoms with van der Waals surface area (Å²) in [6.45, 7) is 0.930. The average molecular weight is 461 g/mol. The molecular formula is C28H32N2O4. The Morgan fingerprint density at radius 3 is 2.26 bits per heavy atom. The summed E-state index contributed by atoms with van der Waals surface area (Å²) in [5.74, 6) is -0.155. The first kappa shape index (κ1) is 25.1. The fourth-order valence-corrected chi connectivity index (χ4v) is 3.50. The number of amides is 2. The van der Waals surface area contributed by atoms with Gasteiger partial charge in [0.1, 0.15) is 6.61 Å². The van der Waals surface area contributed by atoms with Gasteiger partial charge in [0.15, 0.2) is 0 Å². The molecule has 0 radical (unpaired) electrons. The SMILES string of the molecule is O=C(COCc1ccc(CO)cc1)NCCCCCC(=O)Nc1cccc(-c2ccccc2)c1. The molecule has 2 amide bonds. The van der Waals surface area contributed by atoms with Gasteiger partial charge in [-0.1, -0.05) is 73.2 Å². The molecule has 3 rings (SSSR count). The number of unbranched alkanes of at least 4 members (excludes halogenated alkanes) is 2. The second-order valence-electron chi connectivity index (χ2n) is 8.12. The number of anilines is 1. The van der Waals surface area contributed by atoms with E-state index in [1.807, 2.05) is 78.9 Å². The summed E-state index contributed by atoms with van der Waals surface area (Å²) >= 11 is 0. The first-order valence-electron chi connectivity index (χ1n) is 11.6. The molecule has 0 spiro atoms. The van der Waals surface area contributed by atoms with Gasteiger partial charge >= 0.3 is 0 Å². The molecule has 6 heteroatoms. The highest BCUT2D eigenvalue weighted by atomic mass is 16.5. The van der Waals surface area contributed by atoms with Crippen LogP contribution in [0.5, 0.6) is 0 Å². The summed E-state index contributed by atoms with van der Waals surface area (Å²) in [7, 11) is 0. The van der Waals surface area contributed by atoms with Gasteiger partial charge in [0.25, 0.3) is 0 Å². The summed E-state index contributed by atoms with van der Waals surface area (Å²) in [6, 6.07) is 25.3. The molecular weight excluding hydrogens is 428 g/mol. The zero-order valence-electron chi connectivity index (χ0n) is 19.3. The fourth-order valence-electron chi connectivity index (χ4n) is 3.50. The van der Waals surface area contributed by atoms with Crippen LogP contribution in [-0.2, 0) is 27.5 Å². The van der Waals surface area contributed by atoms with Crippen molar-refractivity contribution >= 4 is 17.5 Å². The van der Waals surface area contributed by atoms with Crippen LogP contribution >= 0.6 is 0 Å². The second kappa shape index (κ2) is 13.9. The topological polar surface area (TPSA) is 87.7 Å². The normalized spacial score (nSPS) is 10.6. The van der Waals surface area contributed by atoms with Crippen LogP contribution in [0.25, 0.3) is 11.1 Å². The number of nitrogens with one attached hydrogen (secondary N) is 2. The highest BCUT2D eigenvalue weighted by Crippen LogP contribution is 2.22. The molecule has 0 unspecified atom stereocenters. The van der Waals surface area contributed by atoms with Crippen LogP contribution in [0.3, 0.4) is 0 Å². The quantitative estimate of drug-likeness (QED) is 0.323. The third-order valence-electron chi connectivity index (χ3n) is 5.36. The van der Waals surface area contributed by atoms with Crippen LogP contribution in [0.1, 0.15) is 36.8 Å². The zero-order chi connectivity index (χ0) is 24.0. The fraction of sp³-hybridized carbons (Fsp3) is 0.286. The molecule has 0 heterocycles. The van der Waals surface area contributed by atoms with Crippen molar-refractivity contribution in [3.8, 4) is 11.1 Å². The first-order chi connectivity index (χ1) is 16.6. The van der Waals surface area contributed by atoms with E-state index < -0.39 is 0 Å². The van der Waals surface area contributed by atoms with Gasteiger partial charge in [0, 0.05) is 18.7 Å². The van der Waals surface area contributed by atoms with E-state index in [-0.39, 0.29) is 25.0 Å². The lowest BCUT2D eigenvalue weighted by Gasteiger charge is -2.08. The Kier molecular flexibility index (Phi) is 10.3. The van der Waals surface area contributed by atoms with Gasteiger partial charge in [0.05, 0.1) is 13.2 Å². The zero-order valence-corrected chi connectivity index (χ0v) is 19.3. The number of carbonyl (C=O) groups excluding carboxylic acids is 2. The molecule has 0 saturated heterocycles. The summed E-state index contributed by atoms with van der Waals surface area (Å²) < 4.78 is 5.43. The average Bonchev–Trinajstić information content (AvgIpc) is 2.87. The van der Waals surface area contributed by atoms with E-state index in [0.717, 1.165) is 47.2 Å². The van der Waals surface area contributed by atoms with E-state index in [4.69, 9.17) is 9.84 Å². The molecule has 0 bridgehead atoms. The predicted octanol–water partition coefficient (Wildman–Crippen LogP) is 4.68. The van der Waals surface area contributed by atoms with Gasteiger partial charge in [0.2, 0.25) is 11.8 Å². The van der Waals surface area contributed by atoms with E-state index >= 15 is 0 Å². The molecule has 34 heavy (non-hydrogen) atoms. The number of carbonyl (C=O) groups is 2. The lowest BCUT2D eigenvalue weighted by Crippen LogP contribution is -2.28. The summed E-state index contributed by atoms with van der Waals surface area (Å²) in [4.78, 5) is 24.1. The molecule has 0 aliphatic carbocycles. The smallest absolute Gasteiger partial charge is 0.246 e. The molecule has 6 nitrogen and oxygen atoms in total. The summed E-state index contributed by atoms with van der Waals surface area (Å²) in [5, 5.41) is 14.8. The largest absolute Gasteiger partial charge is 0.392 e. The minimum atomic E-state index is -0.150. The Labute approximate surface area is 201 Å². The van der Waals surface area contributed by atoms with Crippen LogP contribution < -0.4 is 10.6 Å². The van der Waals surface area contributed by atoms with Gasteiger partial charge < -0.3 is 20.5 Å². The van der Waals surface area contributed by atoms with Crippen molar-refractivity contribution in [2.24, 2.45) is 0 Å². The Balaban J connectivity index is 1.24. The Morgan fingerprint density at radius 1 is 0.765 bits per heavy atom. The molecule has 0 saturated carbocycles. The second-order valence-corrected chi connectivity index (χ2v) is 8.12. The summed E-state index contributed by atoms with van der Waals surface area (Å²) in [5.41, 5.74) is 4.77. The van der Waals surface area contributed by atoms with Crippen molar-refractivity contribution in [3.63, 3.8) is 0 Å². The molecule has 178 valence electrons. The van der Waals surface area contributed by atoms with Crippen LogP contribution in [0.2, 0.25) is 0 Å². The van der Waals surface area contributed by atoms with Crippen molar-refractivity contribution < 1.29 is 19.4 Å². The van der Waals surface area contributed by atoms with Crippen molar-refractivity contribution in [2.75, 3.05) is 18.5 Å². The minimum Gasteiger partial charge on any atom is -0.392 e. The summed E-state index contributed by atoms with van der Waals surface area (Å²) in [6.07, 6.45) is 2.88. The van der Waals surface area contributed by atoms with E-state index in [2.05, 4.69) is 10.6 Å². The standard InChI is InChI=1S/C28H32N2O4/c31-19-22-13-15-23(16-14-22)20-34-21-28(33)29-17-6-2-5-12-27(32)30-26-11-7-10-25(18-26)24-8-3-1-4-9-24/h1,3-4,7-11,13-16,18,31H,2,5-6,12,17,19-21H2,(H,29,33)(H,30,32). The van der Waals surface area contributed by atoms with E-state index in [9.17, 15) is 9.59 Å². The van der Waals surface area contributed by atoms with Gasteiger partial charge in [-0.3, -0.25) is 9.59 Å². The Hall–Kier alpha value is -3.48. The number of ether oxygens (including phenoxy) is 1. The number of benzene rings is 3. The maximum Gasteiger partial charge on any atom is 0.246 e. The monoisotopic (exact) mass is 460 g/mol. The van der Waals surface area contributed by atoms with Crippen LogP contribution in [-0.4, -0.2) is 30.1 Å². The lowest BCUT2D eigenvalue weighted by molar-refractivity contribution is -0.126. The van der Waals surface area contributed by atoms with Crippen molar-refractivity contribution in [2.45, 2.75) is 38.9 Å². The maximum atomic E-state index is 12.3. The van der Waals surface area contributed by atoms with Crippen LogP contribution in [0, 0.1) is 0 Å². The molecule has 0 aliphatic rings. The maximum absolute atomic E-state index is 12.3. The highest BCUT2D eigenvalue weighted by molar-refractivity contribution is 5.91. The predicted molar refractivity (Wildman–Crippen MR) is 134 cm³/mol. The van der Waals surface area contributed by atoms with Gasteiger partial charge in [-0.2, -0.15) is 0 Å². The van der Waals surface area contributed by atoms with E-state index in [1.165, 1.54) is 0 Å². The third kappa shape index (κ3) is 8.81. The molecule has 0 aromatic heterocycles. The molecule has 3 aromatic rings. The van der Waals surface area contributed by atoms with E-state index in [0.29, 0.717) is 19.6 Å². The minimum absolute atomic E-state index is 0.00494. The molecule has 0 atom stereocenters. The molecule has 3 aromatic carbocycles. The lowest BCUT2D eigenvalue weighted by atomic mass is 10.1. The molecule has 0 aliphatic heterocycles. The number of rotatable bonds is 13. The number of hydrogen-bond donors (Lipinski definition) is 3. The van der Waals surface area contributed by atoms with Crippen molar-refractivity contribution in [3.05, 3.63) is 90.0 Å². The van der Waals surface area contributed by atoms with Crippen molar-refractivity contribution in [1.82, 2.24) is 5.32 Å². The number of hydrogen-bond acceptors (Lipinski definition) is 4.